The fraction of sp³-hybridized carbons (Fsp3) is 0.609. The molecule has 1 aromatic carbocycles. The lowest BCUT2D eigenvalue weighted by molar-refractivity contribution is -0.140. The third kappa shape index (κ3) is 4.96. The maximum Gasteiger partial charge on any atom is 0.417 e. The molecule has 0 spiro atoms. The molecular weight excluding hydrogens is 435 g/mol. The highest BCUT2D eigenvalue weighted by Gasteiger charge is 2.53. The average Bonchev–Trinajstić information content (AvgIpc) is 3.20. The van der Waals surface area contributed by atoms with Gasteiger partial charge in [-0.3, -0.25) is 9.69 Å². The van der Waals surface area contributed by atoms with Gasteiger partial charge in [0.15, 0.2) is 0 Å². The number of aliphatic hydroxyl groups excluding tert-OH is 1. The number of rotatable bonds is 4. The SMILES string of the molecule is C[C@H]1[C@@H](c2ccccc2)OC(=O)N1C(=O)[C@@H](F)[C@H](O)[C@@H]1COC(C)(C)N1C(=O)OC(C)(C)C. The van der Waals surface area contributed by atoms with E-state index in [9.17, 15) is 19.5 Å². The summed E-state index contributed by atoms with van der Waals surface area (Å²) in [5, 5.41) is 10.7. The van der Waals surface area contributed by atoms with Gasteiger partial charge in [0.05, 0.1) is 18.7 Å². The molecule has 0 unspecified atom stereocenters. The second kappa shape index (κ2) is 8.90. The number of amides is 3. The van der Waals surface area contributed by atoms with Gasteiger partial charge in [-0.1, -0.05) is 30.3 Å². The quantitative estimate of drug-likeness (QED) is 0.727. The molecule has 2 saturated heterocycles. The van der Waals surface area contributed by atoms with Crippen LogP contribution in [0.15, 0.2) is 30.3 Å². The Morgan fingerprint density at radius 1 is 1.24 bits per heavy atom. The van der Waals surface area contributed by atoms with Crippen LogP contribution in [0.3, 0.4) is 0 Å². The summed E-state index contributed by atoms with van der Waals surface area (Å²) in [6, 6.07) is 6.79. The molecule has 0 radical (unpaired) electrons. The van der Waals surface area contributed by atoms with Crippen LogP contribution in [0.4, 0.5) is 14.0 Å². The number of halogens is 1. The first-order valence-electron chi connectivity index (χ1n) is 10.8. The van der Waals surface area contributed by atoms with E-state index in [1.54, 1.807) is 71.9 Å². The maximum atomic E-state index is 15.3. The van der Waals surface area contributed by atoms with Crippen LogP contribution in [0.25, 0.3) is 0 Å². The Balaban J connectivity index is 1.78. The molecule has 2 aliphatic rings. The molecule has 3 rings (SSSR count). The van der Waals surface area contributed by atoms with E-state index in [0.717, 1.165) is 4.90 Å². The molecule has 9 nitrogen and oxygen atoms in total. The molecule has 10 heteroatoms. The number of hydrogen-bond acceptors (Lipinski definition) is 7. The van der Waals surface area contributed by atoms with Gasteiger partial charge in [-0.2, -0.15) is 0 Å². The fourth-order valence-electron chi connectivity index (χ4n) is 4.07. The summed E-state index contributed by atoms with van der Waals surface area (Å²) in [7, 11) is 0. The van der Waals surface area contributed by atoms with Crippen molar-refractivity contribution >= 4 is 18.1 Å². The minimum atomic E-state index is -2.50. The summed E-state index contributed by atoms with van der Waals surface area (Å²) in [6.07, 6.45) is -7.03. The summed E-state index contributed by atoms with van der Waals surface area (Å²) in [6.45, 7) is 9.51. The van der Waals surface area contributed by atoms with Crippen molar-refractivity contribution in [2.75, 3.05) is 6.61 Å². The van der Waals surface area contributed by atoms with Crippen LogP contribution >= 0.6 is 0 Å². The first-order valence-corrected chi connectivity index (χ1v) is 10.8. The number of nitrogens with zero attached hydrogens (tertiary/aromatic N) is 2. The summed E-state index contributed by atoms with van der Waals surface area (Å²) in [5.41, 5.74) is -1.38. The highest BCUT2D eigenvalue weighted by molar-refractivity contribution is 5.96. The summed E-state index contributed by atoms with van der Waals surface area (Å²) in [4.78, 5) is 39.9. The maximum absolute atomic E-state index is 15.3. The molecule has 3 amide bonds. The Morgan fingerprint density at radius 2 is 1.85 bits per heavy atom. The van der Waals surface area contributed by atoms with Gasteiger partial charge in [-0.25, -0.2) is 18.9 Å². The van der Waals surface area contributed by atoms with Gasteiger partial charge in [0.1, 0.15) is 23.5 Å². The van der Waals surface area contributed by atoms with E-state index in [-0.39, 0.29) is 6.61 Å². The van der Waals surface area contributed by atoms with Crippen LogP contribution in [0.5, 0.6) is 0 Å². The second-order valence-electron chi connectivity index (χ2n) is 9.73. The van der Waals surface area contributed by atoms with Crippen molar-refractivity contribution in [2.24, 2.45) is 0 Å². The van der Waals surface area contributed by atoms with Crippen molar-refractivity contribution in [3.8, 4) is 0 Å². The zero-order chi connectivity index (χ0) is 24.7. The van der Waals surface area contributed by atoms with Gasteiger partial charge in [0.2, 0.25) is 6.17 Å². The Kier molecular flexibility index (Phi) is 6.72. The molecule has 0 saturated carbocycles. The molecule has 0 bridgehead atoms. The summed E-state index contributed by atoms with van der Waals surface area (Å²) in [5.74, 6) is -1.24. The smallest absolute Gasteiger partial charge is 0.417 e. The second-order valence-corrected chi connectivity index (χ2v) is 9.73. The van der Waals surface area contributed by atoms with Crippen LogP contribution in [0, 0.1) is 0 Å². The number of aliphatic hydroxyl groups is 1. The van der Waals surface area contributed by atoms with Crippen molar-refractivity contribution in [2.45, 2.75) is 83.3 Å². The van der Waals surface area contributed by atoms with Gasteiger partial charge in [-0.05, 0) is 47.1 Å². The molecule has 0 aliphatic carbocycles. The number of alkyl halides is 1. The van der Waals surface area contributed by atoms with Crippen molar-refractivity contribution in [1.82, 2.24) is 9.80 Å². The average molecular weight is 467 g/mol. The number of hydrogen-bond donors (Lipinski definition) is 1. The molecular formula is C23H31FN2O7. The van der Waals surface area contributed by atoms with Gasteiger partial charge in [-0.15, -0.1) is 0 Å². The molecule has 0 aromatic heterocycles. The van der Waals surface area contributed by atoms with Crippen LogP contribution in [-0.4, -0.2) is 75.3 Å². The Morgan fingerprint density at radius 3 is 2.42 bits per heavy atom. The van der Waals surface area contributed by atoms with Crippen LogP contribution < -0.4 is 0 Å². The molecule has 5 atom stereocenters. The first kappa shape index (κ1) is 24.9. The predicted molar refractivity (Wildman–Crippen MR) is 115 cm³/mol. The van der Waals surface area contributed by atoms with E-state index in [0.29, 0.717) is 10.5 Å². The van der Waals surface area contributed by atoms with Crippen molar-refractivity contribution in [1.29, 1.82) is 0 Å². The van der Waals surface area contributed by atoms with Crippen molar-refractivity contribution in [3.63, 3.8) is 0 Å². The number of imide groups is 1. The van der Waals surface area contributed by atoms with E-state index < -0.39 is 59.9 Å². The largest absolute Gasteiger partial charge is 0.444 e. The Bertz CT molecular complexity index is 902. The number of carbonyl (C=O) groups is 3. The molecule has 2 aliphatic heterocycles. The topological polar surface area (TPSA) is 106 Å². The van der Waals surface area contributed by atoms with Crippen molar-refractivity contribution < 1.29 is 38.1 Å². The number of ether oxygens (including phenoxy) is 3. The molecule has 1 aromatic rings. The molecule has 1 N–H and O–H groups in total. The van der Waals surface area contributed by atoms with Gasteiger partial charge < -0.3 is 19.3 Å². The lowest BCUT2D eigenvalue weighted by atomic mass is 10.0. The van der Waals surface area contributed by atoms with E-state index in [1.165, 1.54) is 0 Å². The monoisotopic (exact) mass is 466 g/mol. The standard InChI is InChI=1S/C23H31FN2O7/c1-13-18(14-10-8-7-9-11-14)32-20(29)25(13)19(28)16(24)17(27)15-12-31-23(5,6)26(15)21(30)33-22(2,3)4/h7-11,13,15-18,27H,12H2,1-6H3/t13-,15-,16-,17+,18-/m0/s1. The summed E-state index contributed by atoms with van der Waals surface area (Å²) < 4.78 is 31.6. The predicted octanol–water partition coefficient (Wildman–Crippen LogP) is 3.17. The lowest BCUT2D eigenvalue weighted by Gasteiger charge is -2.37. The first-order chi connectivity index (χ1) is 15.2. The molecule has 182 valence electrons. The summed E-state index contributed by atoms with van der Waals surface area (Å²) >= 11 is 0. The normalized spacial score (nSPS) is 26.7. The van der Waals surface area contributed by atoms with Gasteiger partial charge >= 0.3 is 12.2 Å². The van der Waals surface area contributed by atoms with E-state index in [4.69, 9.17) is 14.2 Å². The third-order valence-electron chi connectivity index (χ3n) is 5.67. The minimum absolute atomic E-state index is 0.215. The number of carbonyl (C=O) groups excluding carboxylic acids is 3. The molecule has 33 heavy (non-hydrogen) atoms. The van der Waals surface area contributed by atoms with Crippen LogP contribution in [-0.2, 0) is 19.0 Å². The molecule has 2 heterocycles. The van der Waals surface area contributed by atoms with Gasteiger partial charge in [0.25, 0.3) is 5.91 Å². The number of cyclic esters (lactones) is 1. The van der Waals surface area contributed by atoms with E-state index in [2.05, 4.69) is 0 Å². The third-order valence-corrected chi connectivity index (χ3v) is 5.67. The molecule has 2 fully saturated rings. The van der Waals surface area contributed by atoms with Crippen molar-refractivity contribution in [3.05, 3.63) is 35.9 Å². The number of benzene rings is 1. The minimum Gasteiger partial charge on any atom is -0.444 e. The van der Waals surface area contributed by atoms with Gasteiger partial charge in [0, 0.05) is 0 Å². The Labute approximate surface area is 192 Å². The van der Waals surface area contributed by atoms with Crippen LogP contribution in [0.2, 0.25) is 0 Å². The lowest BCUT2D eigenvalue weighted by Crippen LogP contribution is -2.57. The highest BCUT2D eigenvalue weighted by atomic mass is 19.1. The zero-order valence-corrected chi connectivity index (χ0v) is 19.6. The van der Waals surface area contributed by atoms with E-state index in [1.807, 2.05) is 0 Å². The van der Waals surface area contributed by atoms with Crippen LogP contribution in [0.1, 0.15) is 53.2 Å². The highest BCUT2D eigenvalue weighted by Crippen LogP contribution is 2.35. The zero-order valence-electron chi connectivity index (χ0n) is 19.6. The van der Waals surface area contributed by atoms with E-state index >= 15 is 4.39 Å². The Hall–Kier alpha value is -2.72. The fourth-order valence-corrected chi connectivity index (χ4v) is 4.07.